The van der Waals surface area contributed by atoms with Crippen LogP contribution in [-0.2, 0) is 0 Å². The van der Waals surface area contributed by atoms with Crippen molar-refractivity contribution in [1.82, 2.24) is 4.90 Å². The number of hydrogen-bond acceptors (Lipinski definition) is 2. The maximum absolute atomic E-state index is 5.93. The first kappa shape index (κ1) is 30.0. The Balaban J connectivity index is 0.00000130. The second-order valence-electron chi connectivity index (χ2n) is 9.23. The fourth-order valence-electron chi connectivity index (χ4n) is 5.32. The molecule has 2 N–H and O–H groups in total. The lowest BCUT2D eigenvalue weighted by Gasteiger charge is -2.35. The molecule has 4 aromatic carbocycles. The van der Waals surface area contributed by atoms with Crippen molar-refractivity contribution in [3.63, 3.8) is 0 Å². The average Bonchev–Trinajstić information content (AvgIpc) is 3.33. The number of benzene rings is 4. The van der Waals surface area contributed by atoms with Crippen LogP contribution in [0.1, 0.15) is 19.4 Å². The molecular weight excluding hydrogens is 504 g/mol. The van der Waals surface area contributed by atoms with Crippen LogP contribution in [-0.4, -0.2) is 48.9 Å². The molecule has 5 heteroatoms. The first-order valence-electron chi connectivity index (χ1n) is 13.2. The number of hydrogen-bond donors (Lipinski definition) is 0. The van der Waals surface area contributed by atoms with Gasteiger partial charge in [-0.25, -0.2) is 0 Å². The van der Waals surface area contributed by atoms with E-state index in [0.29, 0.717) is 11.3 Å². The SMILES string of the molecule is CC.COc1ccccc1[P@](c1ccccc1)C1CN(C)CC1P(c1ccccc1)c1ccccc1C.O. The zero-order chi connectivity index (χ0) is 26.2. The minimum Gasteiger partial charge on any atom is -0.496 e. The van der Waals surface area contributed by atoms with Crippen molar-refractivity contribution in [3.8, 4) is 5.75 Å². The largest absolute Gasteiger partial charge is 0.496 e. The predicted molar refractivity (Wildman–Crippen MR) is 169 cm³/mol. The van der Waals surface area contributed by atoms with Crippen LogP contribution in [0.15, 0.2) is 109 Å². The summed E-state index contributed by atoms with van der Waals surface area (Å²) in [5, 5.41) is 5.78. The molecule has 1 aliphatic rings. The summed E-state index contributed by atoms with van der Waals surface area (Å²) < 4.78 is 5.93. The molecule has 0 aliphatic carbocycles. The van der Waals surface area contributed by atoms with Gasteiger partial charge in [0.25, 0.3) is 0 Å². The van der Waals surface area contributed by atoms with Gasteiger partial charge in [0.15, 0.2) is 0 Å². The lowest BCUT2D eigenvalue weighted by molar-refractivity contribution is 0.417. The van der Waals surface area contributed by atoms with Gasteiger partial charge in [-0.3, -0.25) is 0 Å². The summed E-state index contributed by atoms with van der Waals surface area (Å²) in [5.74, 6) is 1.01. The molecule has 1 aliphatic heterocycles. The van der Waals surface area contributed by atoms with Crippen molar-refractivity contribution in [1.29, 1.82) is 0 Å². The number of methoxy groups -OCH3 is 1. The Morgan fingerprint density at radius 2 is 1.05 bits per heavy atom. The molecule has 1 fully saturated rings. The van der Waals surface area contributed by atoms with Gasteiger partial charge >= 0.3 is 0 Å². The number of rotatable bonds is 7. The van der Waals surface area contributed by atoms with Crippen molar-refractivity contribution < 1.29 is 10.2 Å². The van der Waals surface area contributed by atoms with Gasteiger partial charge in [-0.2, -0.15) is 0 Å². The number of ether oxygens (including phenoxy) is 1. The number of para-hydroxylation sites is 1. The molecule has 0 saturated carbocycles. The van der Waals surface area contributed by atoms with Gasteiger partial charge in [-0.1, -0.05) is 117 Å². The molecule has 5 rings (SSSR count). The molecule has 1 heterocycles. The van der Waals surface area contributed by atoms with Gasteiger partial charge in [0, 0.05) is 29.7 Å². The van der Waals surface area contributed by atoms with E-state index in [1.54, 1.807) is 7.11 Å². The number of nitrogens with zero attached hydrogens (tertiary/aromatic N) is 1. The lowest BCUT2D eigenvalue weighted by atomic mass is 10.2. The summed E-state index contributed by atoms with van der Waals surface area (Å²) in [5.41, 5.74) is 2.48. The predicted octanol–water partition coefficient (Wildman–Crippen LogP) is 5.45. The molecule has 0 bridgehead atoms. The van der Waals surface area contributed by atoms with E-state index in [1.807, 2.05) is 13.8 Å². The van der Waals surface area contributed by atoms with E-state index >= 15 is 0 Å². The molecule has 4 aromatic rings. The van der Waals surface area contributed by atoms with E-state index in [0.717, 1.165) is 18.8 Å². The Kier molecular flexibility index (Phi) is 11.5. The van der Waals surface area contributed by atoms with Crippen LogP contribution in [0, 0.1) is 6.92 Å². The minimum atomic E-state index is -0.618. The van der Waals surface area contributed by atoms with Crippen molar-refractivity contribution in [2.24, 2.45) is 0 Å². The molecule has 1 saturated heterocycles. The van der Waals surface area contributed by atoms with Crippen LogP contribution in [0.4, 0.5) is 0 Å². The molecule has 4 atom stereocenters. The molecule has 3 nitrogen and oxygen atoms in total. The highest BCUT2D eigenvalue weighted by atomic mass is 31.1. The topological polar surface area (TPSA) is 44.0 Å². The maximum atomic E-state index is 5.93. The second-order valence-corrected chi connectivity index (χ2v) is 14.0. The Bertz CT molecular complexity index is 1250. The van der Waals surface area contributed by atoms with Gasteiger partial charge in [0.05, 0.1) is 7.11 Å². The first-order valence-corrected chi connectivity index (χ1v) is 16.1. The van der Waals surface area contributed by atoms with E-state index in [9.17, 15) is 0 Å². The zero-order valence-electron chi connectivity index (χ0n) is 23.2. The Morgan fingerprint density at radius 3 is 1.55 bits per heavy atom. The molecular formula is C33H41NO2P2. The smallest absolute Gasteiger partial charge is 0.126 e. The van der Waals surface area contributed by atoms with Gasteiger partial charge in [-0.15, -0.1) is 0 Å². The molecule has 200 valence electrons. The van der Waals surface area contributed by atoms with E-state index in [-0.39, 0.29) is 5.48 Å². The van der Waals surface area contributed by atoms with Crippen molar-refractivity contribution in [2.75, 3.05) is 27.2 Å². The van der Waals surface area contributed by atoms with E-state index < -0.39 is 15.8 Å². The quantitative estimate of drug-likeness (QED) is 0.290. The van der Waals surface area contributed by atoms with Crippen LogP contribution < -0.4 is 26.0 Å². The zero-order valence-corrected chi connectivity index (χ0v) is 25.0. The standard InChI is InChI=1S/C31H33NOP2.C2H6.H2O/c1-24-14-10-12-20-28(24)34(25-15-6-4-7-16-25)30-22-32(2)23-31(30)35(26-17-8-5-9-18-26)29-21-13-11-19-27(29)33-3;1-2;/h4-21,30-31H,22-23H2,1-3H3;1-2H3;1H2/t30?,31?,34?,35-;;/m0../s1. The highest BCUT2D eigenvalue weighted by molar-refractivity contribution is 7.77. The van der Waals surface area contributed by atoms with Crippen molar-refractivity contribution >= 4 is 37.1 Å². The summed E-state index contributed by atoms with van der Waals surface area (Å²) in [6, 6.07) is 40.1. The molecule has 0 spiro atoms. The maximum Gasteiger partial charge on any atom is 0.126 e. The van der Waals surface area contributed by atoms with Gasteiger partial charge in [0.1, 0.15) is 5.75 Å². The summed E-state index contributed by atoms with van der Waals surface area (Å²) in [6.07, 6.45) is 0. The van der Waals surface area contributed by atoms with Crippen LogP contribution in [0.5, 0.6) is 5.75 Å². The molecule has 0 amide bonds. The highest BCUT2D eigenvalue weighted by Crippen LogP contribution is 2.55. The third kappa shape index (κ3) is 6.53. The highest BCUT2D eigenvalue weighted by Gasteiger charge is 2.43. The Morgan fingerprint density at radius 1 is 0.632 bits per heavy atom. The fourth-order valence-corrected chi connectivity index (χ4v) is 12.3. The Hall–Kier alpha value is -2.54. The van der Waals surface area contributed by atoms with Crippen LogP contribution >= 0.6 is 15.8 Å². The van der Waals surface area contributed by atoms with Crippen LogP contribution in [0.2, 0.25) is 0 Å². The van der Waals surface area contributed by atoms with E-state index in [4.69, 9.17) is 4.74 Å². The van der Waals surface area contributed by atoms with Crippen LogP contribution in [0.3, 0.4) is 0 Å². The molecule has 0 radical (unpaired) electrons. The molecule has 38 heavy (non-hydrogen) atoms. The van der Waals surface area contributed by atoms with Crippen LogP contribution in [0.25, 0.3) is 0 Å². The van der Waals surface area contributed by atoms with Crippen molar-refractivity contribution in [2.45, 2.75) is 32.1 Å². The summed E-state index contributed by atoms with van der Waals surface area (Å²) in [6.45, 7) is 8.49. The van der Waals surface area contributed by atoms with Gasteiger partial charge < -0.3 is 15.1 Å². The normalized spacial score (nSPS) is 18.4. The summed E-state index contributed by atoms with van der Waals surface area (Å²) in [4.78, 5) is 2.56. The summed E-state index contributed by atoms with van der Waals surface area (Å²) in [7, 11) is 2.95. The average molecular weight is 546 g/mol. The third-order valence-electron chi connectivity index (χ3n) is 6.89. The summed E-state index contributed by atoms with van der Waals surface area (Å²) >= 11 is 0. The van der Waals surface area contributed by atoms with E-state index in [2.05, 4.69) is 128 Å². The minimum absolute atomic E-state index is 0. The third-order valence-corrected chi connectivity index (χ3v) is 13.1. The lowest BCUT2D eigenvalue weighted by Crippen LogP contribution is -2.35. The molecule has 0 aromatic heterocycles. The van der Waals surface area contributed by atoms with Gasteiger partial charge in [-0.05, 0) is 57.4 Å². The second kappa shape index (κ2) is 14.6. The number of likely N-dealkylation sites (tertiary alicyclic amines) is 1. The number of aryl methyl sites for hydroxylation is 1. The molecule has 3 unspecified atom stereocenters. The van der Waals surface area contributed by atoms with Crippen molar-refractivity contribution in [3.05, 3.63) is 115 Å². The van der Waals surface area contributed by atoms with Gasteiger partial charge in [0.2, 0.25) is 0 Å². The van der Waals surface area contributed by atoms with E-state index in [1.165, 1.54) is 26.8 Å². The fraction of sp³-hybridized carbons (Fsp3) is 0.273. The Labute approximate surface area is 231 Å². The monoisotopic (exact) mass is 545 g/mol. The first-order chi connectivity index (χ1) is 18.2.